The number of thiazole rings is 1. The Morgan fingerprint density at radius 1 is 1.08 bits per heavy atom. The molecule has 5 nitrogen and oxygen atoms in total. The van der Waals surface area contributed by atoms with Crippen LogP contribution >= 0.6 is 11.3 Å². The molecule has 0 N–H and O–H groups in total. The van der Waals surface area contributed by atoms with Crippen molar-refractivity contribution in [3.63, 3.8) is 0 Å². The van der Waals surface area contributed by atoms with E-state index >= 15 is 0 Å². The Bertz CT molecular complexity index is 1000. The fourth-order valence-electron chi connectivity index (χ4n) is 2.49. The molecule has 1 amide bonds. The summed E-state index contributed by atoms with van der Waals surface area (Å²) < 4.78 is 13.6. The second-order valence-corrected chi connectivity index (χ2v) is 6.26. The first kappa shape index (κ1) is 17.0. The number of nitrogens with zero attached hydrogens (tertiary/aromatic N) is 2. The van der Waals surface area contributed by atoms with Crippen molar-refractivity contribution in [2.24, 2.45) is 12.0 Å². The van der Waals surface area contributed by atoms with E-state index in [-0.39, 0.29) is 5.91 Å². The summed E-state index contributed by atoms with van der Waals surface area (Å²) in [6.07, 6.45) is 3.22. The second-order valence-electron chi connectivity index (χ2n) is 5.29. The minimum Gasteiger partial charge on any atom is -0.495 e. The Hall–Kier alpha value is -2.86. The lowest BCUT2D eigenvalue weighted by molar-refractivity contribution is -0.113. The van der Waals surface area contributed by atoms with E-state index in [1.807, 2.05) is 54.1 Å². The van der Waals surface area contributed by atoms with Gasteiger partial charge in [-0.1, -0.05) is 41.7 Å². The van der Waals surface area contributed by atoms with Crippen LogP contribution in [-0.4, -0.2) is 24.7 Å². The van der Waals surface area contributed by atoms with E-state index in [0.717, 1.165) is 21.5 Å². The van der Waals surface area contributed by atoms with Crippen molar-refractivity contribution < 1.29 is 14.3 Å². The standard InChI is InChI=1S/C19H18N2O3S/c1-21-17-14(23-2)10-11-15(24-3)18(17)25-19(21)20-16(22)12-9-13-7-5-4-6-8-13/h4-12H,1-3H3. The molecule has 0 bridgehead atoms. The first-order chi connectivity index (χ1) is 12.1. The number of rotatable bonds is 4. The molecule has 6 heteroatoms. The quantitative estimate of drug-likeness (QED) is 0.675. The lowest BCUT2D eigenvalue weighted by atomic mass is 10.2. The number of carbonyl (C=O) groups is 1. The van der Waals surface area contributed by atoms with Gasteiger partial charge in [-0.2, -0.15) is 4.99 Å². The van der Waals surface area contributed by atoms with Gasteiger partial charge in [0.15, 0.2) is 4.80 Å². The Morgan fingerprint density at radius 2 is 1.76 bits per heavy atom. The smallest absolute Gasteiger partial charge is 0.272 e. The zero-order chi connectivity index (χ0) is 17.8. The molecule has 1 heterocycles. The Kier molecular flexibility index (Phi) is 5.00. The van der Waals surface area contributed by atoms with Crippen LogP contribution in [0.25, 0.3) is 16.3 Å². The van der Waals surface area contributed by atoms with Crippen molar-refractivity contribution in [2.75, 3.05) is 14.2 Å². The van der Waals surface area contributed by atoms with Gasteiger partial charge in [0.1, 0.15) is 21.7 Å². The van der Waals surface area contributed by atoms with Gasteiger partial charge in [-0.15, -0.1) is 0 Å². The lowest BCUT2D eigenvalue weighted by Gasteiger charge is -2.06. The second kappa shape index (κ2) is 7.36. The molecule has 3 aromatic rings. The van der Waals surface area contributed by atoms with Gasteiger partial charge in [0.2, 0.25) is 0 Å². The third-order valence-corrected chi connectivity index (χ3v) is 4.88. The molecular weight excluding hydrogens is 336 g/mol. The van der Waals surface area contributed by atoms with E-state index in [0.29, 0.717) is 10.6 Å². The maximum Gasteiger partial charge on any atom is 0.272 e. The molecule has 0 saturated carbocycles. The maximum atomic E-state index is 12.2. The number of fused-ring (bicyclic) bond motifs is 1. The lowest BCUT2D eigenvalue weighted by Crippen LogP contribution is -2.12. The molecular formula is C19H18N2O3S. The summed E-state index contributed by atoms with van der Waals surface area (Å²) in [6, 6.07) is 13.3. The van der Waals surface area contributed by atoms with Crippen LogP contribution in [-0.2, 0) is 11.8 Å². The number of ether oxygens (including phenoxy) is 2. The summed E-state index contributed by atoms with van der Waals surface area (Å²) in [5.74, 6) is 1.12. The molecule has 3 rings (SSSR count). The summed E-state index contributed by atoms with van der Waals surface area (Å²) >= 11 is 1.39. The highest BCUT2D eigenvalue weighted by Crippen LogP contribution is 2.34. The van der Waals surface area contributed by atoms with Crippen LogP contribution in [0.1, 0.15) is 5.56 Å². The zero-order valence-electron chi connectivity index (χ0n) is 14.2. The average molecular weight is 354 g/mol. The largest absolute Gasteiger partial charge is 0.495 e. The minimum atomic E-state index is -0.316. The molecule has 0 fully saturated rings. The fourth-order valence-corrected chi connectivity index (χ4v) is 3.63. The van der Waals surface area contributed by atoms with E-state index in [1.165, 1.54) is 17.4 Å². The van der Waals surface area contributed by atoms with Crippen LogP contribution in [0.2, 0.25) is 0 Å². The summed E-state index contributed by atoms with van der Waals surface area (Å²) in [4.78, 5) is 17.0. The van der Waals surface area contributed by atoms with Crippen LogP contribution in [0.15, 0.2) is 53.5 Å². The van der Waals surface area contributed by atoms with E-state index in [4.69, 9.17) is 9.47 Å². The highest BCUT2D eigenvalue weighted by molar-refractivity contribution is 7.16. The van der Waals surface area contributed by atoms with E-state index < -0.39 is 0 Å². The van der Waals surface area contributed by atoms with Gasteiger partial charge in [0, 0.05) is 13.1 Å². The number of benzene rings is 2. The van der Waals surface area contributed by atoms with Crippen LogP contribution in [0.5, 0.6) is 11.5 Å². The number of aromatic nitrogens is 1. The van der Waals surface area contributed by atoms with Gasteiger partial charge in [-0.05, 0) is 23.8 Å². The van der Waals surface area contributed by atoms with Gasteiger partial charge in [-0.3, -0.25) is 4.79 Å². The third-order valence-electron chi connectivity index (χ3n) is 3.74. The molecule has 0 aliphatic heterocycles. The molecule has 0 unspecified atom stereocenters. The molecule has 2 aromatic carbocycles. The van der Waals surface area contributed by atoms with E-state index in [2.05, 4.69) is 4.99 Å². The first-order valence-corrected chi connectivity index (χ1v) is 8.48. The van der Waals surface area contributed by atoms with Gasteiger partial charge in [-0.25, -0.2) is 0 Å². The van der Waals surface area contributed by atoms with Crippen LogP contribution in [0, 0.1) is 0 Å². The highest BCUT2D eigenvalue weighted by Gasteiger charge is 2.13. The Morgan fingerprint density at radius 3 is 2.44 bits per heavy atom. The predicted octanol–water partition coefficient (Wildman–Crippen LogP) is 3.40. The van der Waals surface area contributed by atoms with Crippen molar-refractivity contribution in [3.05, 3.63) is 58.9 Å². The molecule has 0 aliphatic rings. The van der Waals surface area contributed by atoms with Crippen LogP contribution in [0.4, 0.5) is 0 Å². The van der Waals surface area contributed by atoms with Crippen LogP contribution < -0.4 is 14.3 Å². The van der Waals surface area contributed by atoms with Crippen molar-refractivity contribution in [2.45, 2.75) is 0 Å². The molecule has 128 valence electrons. The molecule has 0 atom stereocenters. The molecule has 0 radical (unpaired) electrons. The topological polar surface area (TPSA) is 52.8 Å². The van der Waals surface area contributed by atoms with E-state index in [9.17, 15) is 4.79 Å². The summed E-state index contributed by atoms with van der Waals surface area (Å²) in [5, 5.41) is 0. The van der Waals surface area contributed by atoms with Crippen molar-refractivity contribution >= 4 is 33.5 Å². The number of amides is 1. The fraction of sp³-hybridized carbons (Fsp3) is 0.158. The van der Waals surface area contributed by atoms with Crippen LogP contribution in [0.3, 0.4) is 0 Å². The monoisotopic (exact) mass is 354 g/mol. The first-order valence-electron chi connectivity index (χ1n) is 7.66. The maximum absolute atomic E-state index is 12.2. The number of hydrogen-bond donors (Lipinski definition) is 0. The molecule has 1 aromatic heterocycles. The molecule has 0 saturated heterocycles. The summed E-state index contributed by atoms with van der Waals surface area (Å²) in [6.45, 7) is 0. The predicted molar refractivity (Wildman–Crippen MR) is 99.9 cm³/mol. The van der Waals surface area contributed by atoms with Gasteiger partial charge in [0.05, 0.1) is 14.2 Å². The van der Waals surface area contributed by atoms with Crippen molar-refractivity contribution in [3.8, 4) is 11.5 Å². The minimum absolute atomic E-state index is 0.316. The zero-order valence-corrected chi connectivity index (χ0v) is 15.0. The highest BCUT2D eigenvalue weighted by atomic mass is 32.1. The van der Waals surface area contributed by atoms with Gasteiger partial charge < -0.3 is 14.0 Å². The normalized spacial score (nSPS) is 12.0. The molecule has 0 spiro atoms. The molecule has 25 heavy (non-hydrogen) atoms. The Labute approximate surface area is 149 Å². The van der Waals surface area contributed by atoms with Gasteiger partial charge >= 0.3 is 0 Å². The van der Waals surface area contributed by atoms with Crippen molar-refractivity contribution in [1.82, 2.24) is 4.57 Å². The summed E-state index contributed by atoms with van der Waals surface area (Å²) in [5.41, 5.74) is 1.81. The van der Waals surface area contributed by atoms with Gasteiger partial charge in [0.25, 0.3) is 5.91 Å². The number of hydrogen-bond acceptors (Lipinski definition) is 4. The molecule has 0 aliphatic carbocycles. The number of aryl methyl sites for hydroxylation is 1. The average Bonchev–Trinajstić information content (AvgIpc) is 2.97. The third kappa shape index (κ3) is 3.49. The van der Waals surface area contributed by atoms with Crippen molar-refractivity contribution in [1.29, 1.82) is 0 Å². The number of carbonyl (C=O) groups excluding carboxylic acids is 1. The number of methoxy groups -OCH3 is 2. The Balaban J connectivity index is 2.03. The van der Waals surface area contributed by atoms with E-state index in [1.54, 1.807) is 20.3 Å². The SMILES string of the molecule is COc1ccc(OC)c2c1sc(=NC(=O)C=Cc1ccccc1)n2C. The summed E-state index contributed by atoms with van der Waals surface area (Å²) in [7, 11) is 5.09.